The normalized spacial score (nSPS) is 21.0. The molecule has 0 aromatic heterocycles. The second kappa shape index (κ2) is 7.14. The third-order valence-corrected chi connectivity index (χ3v) is 5.84. The molecule has 0 radical (unpaired) electrons. The smallest absolute Gasteiger partial charge is 0.317 e. The van der Waals surface area contributed by atoms with Gasteiger partial charge in [0.2, 0.25) is 0 Å². The summed E-state index contributed by atoms with van der Waals surface area (Å²) in [6.45, 7) is 6.35. The number of carbonyl (C=O) groups excluding carboxylic acids is 1. The van der Waals surface area contributed by atoms with Crippen LogP contribution in [0.1, 0.15) is 55.2 Å². The summed E-state index contributed by atoms with van der Waals surface area (Å²) in [6, 6.07) is 6.73. The Morgan fingerprint density at radius 3 is 2.54 bits per heavy atom. The molecule has 2 aliphatic rings. The minimum atomic E-state index is -0.245. The molecule has 1 aromatic rings. The van der Waals surface area contributed by atoms with Gasteiger partial charge in [0.15, 0.2) is 0 Å². The molecule has 4 nitrogen and oxygen atoms in total. The molecule has 132 valence electrons. The molecule has 1 saturated carbocycles. The second-order valence-electron chi connectivity index (χ2n) is 7.68. The number of amides is 2. The van der Waals surface area contributed by atoms with Gasteiger partial charge in [-0.2, -0.15) is 0 Å². The Labute approximate surface area is 145 Å². The van der Waals surface area contributed by atoms with Gasteiger partial charge in [-0.05, 0) is 50.7 Å². The molecule has 24 heavy (non-hydrogen) atoms. The van der Waals surface area contributed by atoms with E-state index in [9.17, 15) is 9.90 Å². The van der Waals surface area contributed by atoms with Crippen molar-refractivity contribution in [3.8, 4) is 0 Å². The van der Waals surface area contributed by atoms with Gasteiger partial charge in [0.1, 0.15) is 0 Å². The van der Waals surface area contributed by atoms with E-state index in [2.05, 4.69) is 37.4 Å². The molecule has 1 aromatic carbocycles. The Kier molecular flexibility index (Phi) is 5.14. The van der Waals surface area contributed by atoms with Gasteiger partial charge in [-0.15, -0.1) is 0 Å². The van der Waals surface area contributed by atoms with Crippen LogP contribution < -0.4 is 5.32 Å². The van der Waals surface area contributed by atoms with E-state index in [1.165, 1.54) is 29.5 Å². The zero-order valence-electron chi connectivity index (χ0n) is 15.0. The van der Waals surface area contributed by atoms with Crippen molar-refractivity contribution in [3.63, 3.8) is 0 Å². The average Bonchev–Trinajstić information content (AvgIpc) is 3.03. The maximum atomic E-state index is 12.5. The number of likely N-dealkylation sites (tertiary alicyclic amines) is 1. The molecule has 0 unspecified atom stereocenters. The number of hydrogen-bond acceptors (Lipinski definition) is 2. The van der Waals surface area contributed by atoms with Crippen LogP contribution in [-0.2, 0) is 5.41 Å². The van der Waals surface area contributed by atoms with Crippen molar-refractivity contribution in [3.05, 3.63) is 34.9 Å². The lowest BCUT2D eigenvalue weighted by Crippen LogP contribution is -2.49. The van der Waals surface area contributed by atoms with Crippen LogP contribution >= 0.6 is 0 Å². The van der Waals surface area contributed by atoms with E-state index in [4.69, 9.17) is 0 Å². The lowest BCUT2D eigenvalue weighted by atomic mass is 9.76. The van der Waals surface area contributed by atoms with E-state index in [0.29, 0.717) is 25.9 Å². The molecular formula is C20H30N2O2. The van der Waals surface area contributed by atoms with E-state index < -0.39 is 0 Å². The van der Waals surface area contributed by atoms with Crippen LogP contribution in [0.4, 0.5) is 4.79 Å². The number of benzene rings is 1. The largest absolute Gasteiger partial charge is 0.393 e. The number of nitrogens with one attached hydrogen (secondary N) is 1. The molecule has 0 bridgehead atoms. The molecular weight excluding hydrogens is 300 g/mol. The highest BCUT2D eigenvalue weighted by Gasteiger charge is 2.37. The van der Waals surface area contributed by atoms with Crippen molar-refractivity contribution in [2.24, 2.45) is 0 Å². The monoisotopic (exact) mass is 330 g/mol. The fourth-order valence-corrected chi connectivity index (χ4v) is 4.43. The molecule has 2 N–H and O–H groups in total. The number of aliphatic hydroxyl groups is 1. The van der Waals surface area contributed by atoms with Crippen molar-refractivity contribution in [1.82, 2.24) is 10.2 Å². The summed E-state index contributed by atoms with van der Waals surface area (Å²) in [5, 5.41) is 12.8. The fraction of sp³-hybridized carbons (Fsp3) is 0.650. The molecule has 2 amide bonds. The van der Waals surface area contributed by atoms with Gasteiger partial charge in [0, 0.05) is 25.0 Å². The lowest BCUT2D eigenvalue weighted by Gasteiger charge is -2.34. The van der Waals surface area contributed by atoms with Gasteiger partial charge in [-0.3, -0.25) is 0 Å². The summed E-state index contributed by atoms with van der Waals surface area (Å²) < 4.78 is 0. The van der Waals surface area contributed by atoms with Crippen LogP contribution in [0.5, 0.6) is 0 Å². The first-order chi connectivity index (χ1) is 11.5. The van der Waals surface area contributed by atoms with Crippen LogP contribution in [0.15, 0.2) is 18.2 Å². The first-order valence-electron chi connectivity index (χ1n) is 9.29. The van der Waals surface area contributed by atoms with E-state index in [0.717, 1.165) is 19.4 Å². The van der Waals surface area contributed by atoms with Gasteiger partial charge < -0.3 is 15.3 Å². The number of aliphatic hydroxyl groups excluding tert-OH is 1. The number of urea groups is 1. The third kappa shape index (κ3) is 3.59. The van der Waals surface area contributed by atoms with Crippen molar-refractivity contribution in [2.75, 3.05) is 19.6 Å². The second-order valence-corrected chi connectivity index (χ2v) is 7.68. The van der Waals surface area contributed by atoms with Crippen molar-refractivity contribution in [1.29, 1.82) is 0 Å². The number of piperidine rings is 1. The van der Waals surface area contributed by atoms with Crippen molar-refractivity contribution < 1.29 is 9.90 Å². The highest BCUT2D eigenvalue weighted by molar-refractivity contribution is 5.74. The zero-order valence-corrected chi connectivity index (χ0v) is 15.0. The molecule has 1 heterocycles. The SMILES string of the molecule is Cc1ccc(C2(CNC(=O)N3CCC(O)CC3)CCCC2)c(C)c1. The fourth-order valence-electron chi connectivity index (χ4n) is 4.43. The highest BCUT2D eigenvalue weighted by atomic mass is 16.3. The molecule has 4 heteroatoms. The van der Waals surface area contributed by atoms with E-state index >= 15 is 0 Å². The van der Waals surface area contributed by atoms with Gasteiger partial charge >= 0.3 is 6.03 Å². The number of hydrogen-bond donors (Lipinski definition) is 2. The number of rotatable bonds is 3. The van der Waals surface area contributed by atoms with Crippen molar-refractivity contribution in [2.45, 2.75) is 63.9 Å². The maximum absolute atomic E-state index is 12.5. The maximum Gasteiger partial charge on any atom is 0.317 e. The molecule has 0 atom stereocenters. The first kappa shape index (κ1) is 17.3. The number of aryl methyl sites for hydroxylation is 2. The predicted octanol–water partition coefficient (Wildman–Crippen LogP) is 3.28. The Hall–Kier alpha value is -1.55. The van der Waals surface area contributed by atoms with E-state index in [-0.39, 0.29) is 17.6 Å². The molecule has 0 spiro atoms. The van der Waals surface area contributed by atoms with Crippen LogP contribution in [0.25, 0.3) is 0 Å². The quantitative estimate of drug-likeness (QED) is 0.893. The van der Waals surface area contributed by atoms with Crippen LogP contribution in [0, 0.1) is 13.8 Å². The standard InChI is InChI=1S/C20H30N2O2/c1-15-5-6-18(16(2)13-15)20(9-3-4-10-20)14-21-19(24)22-11-7-17(23)8-12-22/h5-6,13,17,23H,3-4,7-12,14H2,1-2H3,(H,21,24). The third-order valence-electron chi connectivity index (χ3n) is 5.84. The minimum Gasteiger partial charge on any atom is -0.393 e. The summed E-state index contributed by atoms with van der Waals surface area (Å²) in [5.74, 6) is 0. The molecule has 1 aliphatic heterocycles. The first-order valence-corrected chi connectivity index (χ1v) is 9.29. The molecule has 3 rings (SSSR count). The minimum absolute atomic E-state index is 0.0259. The Morgan fingerprint density at radius 1 is 1.25 bits per heavy atom. The molecule has 2 fully saturated rings. The molecule has 1 saturated heterocycles. The van der Waals surface area contributed by atoms with Crippen molar-refractivity contribution >= 4 is 6.03 Å². The highest BCUT2D eigenvalue weighted by Crippen LogP contribution is 2.42. The summed E-state index contributed by atoms with van der Waals surface area (Å²) in [6.07, 6.45) is 5.90. The topological polar surface area (TPSA) is 52.6 Å². The van der Waals surface area contributed by atoms with Crippen LogP contribution in [0.2, 0.25) is 0 Å². The lowest BCUT2D eigenvalue weighted by molar-refractivity contribution is 0.0932. The summed E-state index contributed by atoms with van der Waals surface area (Å²) in [4.78, 5) is 14.4. The van der Waals surface area contributed by atoms with E-state index in [1.807, 2.05) is 4.90 Å². The van der Waals surface area contributed by atoms with Gasteiger partial charge in [0.25, 0.3) is 0 Å². The van der Waals surface area contributed by atoms with Gasteiger partial charge in [0.05, 0.1) is 6.10 Å². The van der Waals surface area contributed by atoms with Gasteiger partial charge in [-0.25, -0.2) is 4.79 Å². The predicted molar refractivity (Wildman–Crippen MR) is 96.3 cm³/mol. The van der Waals surface area contributed by atoms with Gasteiger partial charge in [-0.1, -0.05) is 36.6 Å². The van der Waals surface area contributed by atoms with E-state index in [1.54, 1.807) is 0 Å². The number of nitrogens with zero attached hydrogens (tertiary/aromatic N) is 1. The summed E-state index contributed by atoms with van der Waals surface area (Å²) in [5.41, 5.74) is 4.12. The van der Waals surface area contributed by atoms with Crippen LogP contribution in [-0.4, -0.2) is 41.8 Å². The average molecular weight is 330 g/mol. The summed E-state index contributed by atoms with van der Waals surface area (Å²) >= 11 is 0. The Morgan fingerprint density at radius 2 is 1.92 bits per heavy atom. The summed E-state index contributed by atoms with van der Waals surface area (Å²) in [7, 11) is 0. The number of carbonyl (C=O) groups is 1. The van der Waals surface area contributed by atoms with Crippen LogP contribution in [0.3, 0.4) is 0 Å². The molecule has 1 aliphatic carbocycles. The Bertz CT molecular complexity index is 585. The zero-order chi connectivity index (χ0) is 17.2. The Balaban J connectivity index is 1.69.